The first-order valence-corrected chi connectivity index (χ1v) is 10.2. The Morgan fingerprint density at radius 3 is 2.40 bits per heavy atom. The molecule has 4 nitrogen and oxygen atoms in total. The predicted molar refractivity (Wildman–Crippen MR) is 122 cm³/mol. The molecule has 2 heterocycles. The normalized spacial score (nSPS) is 11.0. The van der Waals surface area contributed by atoms with E-state index in [1.165, 1.54) is 13.2 Å². The first-order valence-electron chi connectivity index (χ1n) is 8.68. The molecule has 4 rings (SSSR count). The summed E-state index contributed by atoms with van der Waals surface area (Å²) in [5.74, 6) is 0.418. The van der Waals surface area contributed by atoms with Crippen LogP contribution in [-0.2, 0) is 0 Å². The Kier molecular flexibility index (Phi) is 5.85. The molecule has 0 atom stereocenters. The van der Waals surface area contributed by atoms with Crippen molar-refractivity contribution in [3.63, 3.8) is 0 Å². The Bertz CT molecular complexity index is 1310. The highest BCUT2D eigenvalue weighted by Crippen LogP contribution is 2.41. The number of nitrogens with zero attached hydrogens (tertiary/aromatic N) is 2. The van der Waals surface area contributed by atoms with Crippen molar-refractivity contribution in [3.05, 3.63) is 74.4 Å². The molecule has 0 unspecified atom stereocenters. The second kappa shape index (κ2) is 8.40. The molecule has 0 aliphatic carbocycles. The van der Waals surface area contributed by atoms with Gasteiger partial charge in [0.25, 0.3) is 0 Å². The molecule has 150 valence electrons. The van der Waals surface area contributed by atoms with Crippen molar-refractivity contribution in [2.45, 2.75) is 0 Å². The highest BCUT2D eigenvalue weighted by Gasteiger charge is 2.17. The van der Waals surface area contributed by atoms with Gasteiger partial charge >= 0.3 is 0 Å². The van der Waals surface area contributed by atoms with Gasteiger partial charge in [-0.3, -0.25) is 4.79 Å². The minimum absolute atomic E-state index is 0.198. The van der Waals surface area contributed by atoms with Crippen LogP contribution in [0.4, 0.5) is 0 Å². The molecule has 2 aromatic carbocycles. The number of carbonyl (C=O) groups excluding carboxylic acids is 1. The quantitative estimate of drug-likeness (QED) is 0.227. The van der Waals surface area contributed by atoms with Gasteiger partial charge in [-0.15, -0.1) is 0 Å². The summed E-state index contributed by atoms with van der Waals surface area (Å²) in [5, 5.41) is 1.95. The van der Waals surface area contributed by atoms with Crippen molar-refractivity contribution >= 4 is 63.6 Å². The average molecular weight is 478 g/mol. The Labute approximate surface area is 192 Å². The summed E-state index contributed by atoms with van der Waals surface area (Å²) in [6.07, 6.45) is 2.26. The number of aromatic nitrogens is 2. The number of hydrogen-bond donors (Lipinski definition) is 0. The molecule has 0 bridgehead atoms. The molecule has 0 spiro atoms. The number of carbonyl (C=O) groups is 1. The summed E-state index contributed by atoms with van der Waals surface area (Å²) in [4.78, 5) is 20.0. The minimum atomic E-state index is 0.198. The first kappa shape index (κ1) is 20.9. The topological polar surface area (TPSA) is 52.1 Å². The molecule has 30 heavy (non-hydrogen) atoms. The third kappa shape index (κ3) is 3.50. The Morgan fingerprint density at radius 1 is 0.933 bits per heavy atom. The van der Waals surface area contributed by atoms with Crippen molar-refractivity contribution in [1.82, 2.24) is 9.97 Å². The van der Waals surface area contributed by atoms with Gasteiger partial charge in [-0.1, -0.05) is 64.6 Å². The van der Waals surface area contributed by atoms with Gasteiger partial charge in [-0.05, 0) is 24.3 Å². The summed E-state index contributed by atoms with van der Waals surface area (Å²) >= 11 is 25.5. The van der Waals surface area contributed by atoms with E-state index in [1.54, 1.807) is 24.4 Å². The van der Waals surface area contributed by atoms with Crippen LogP contribution < -0.4 is 4.74 Å². The van der Waals surface area contributed by atoms with E-state index in [2.05, 4.69) is 9.97 Å². The smallest absolute Gasteiger partial charge is 0.153 e. The van der Waals surface area contributed by atoms with Crippen LogP contribution in [0.3, 0.4) is 0 Å². The second-order valence-corrected chi connectivity index (χ2v) is 7.84. The molecule has 8 heteroatoms. The van der Waals surface area contributed by atoms with Gasteiger partial charge in [0.2, 0.25) is 0 Å². The Balaban J connectivity index is 1.92. The van der Waals surface area contributed by atoms with Crippen molar-refractivity contribution < 1.29 is 9.53 Å². The fraction of sp³-hybridized carbons (Fsp3) is 0.0455. The third-order valence-electron chi connectivity index (χ3n) is 4.65. The largest absolute Gasteiger partial charge is 0.495 e. The number of rotatable bonds is 4. The fourth-order valence-electron chi connectivity index (χ4n) is 3.28. The number of methoxy groups -OCH3 is 1. The van der Waals surface area contributed by atoms with Gasteiger partial charge in [0.05, 0.1) is 39.0 Å². The van der Waals surface area contributed by atoms with Gasteiger partial charge in [0.1, 0.15) is 10.9 Å². The van der Waals surface area contributed by atoms with Crippen LogP contribution in [0, 0.1) is 0 Å². The zero-order valence-electron chi connectivity index (χ0n) is 15.4. The molecular formula is C22H12Cl4N2O2. The SMILES string of the molecule is COc1c(C=O)cc(Cl)c2nc(-c3cccc(-c4ccnc(Cl)c4Cl)c3Cl)ccc12. The molecule has 2 aromatic heterocycles. The maximum absolute atomic E-state index is 11.3. The molecular weight excluding hydrogens is 466 g/mol. The number of benzene rings is 2. The van der Waals surface area contributed by atoms with Crippen LogP contribution in [-0.4, -0.2) is 23.4 Å². The number of hydrogen-bond acceptors (Lipinski definition) is 4. The lowest BCUT2D eigenvalue weighted by Gasteiger charge is -2.13. The summed E-state index contributed by atoms with van der Waals surface area (Å²) in [6.45, 7) is 0. The lowest BCUT2D eigenvalue weighted by molar-refractivity contribution is 0.112. The molecule has 0 saturated heterocycles. The van der Waals surface area contributed by atoms with Crippen molar-refractivity contribution in [1.29, 1.82) is 0 Å². The van der Waals surface area contributed by atoms with Crippen LogP contribution in [0.15, 0.2) is 48.7 Å². The molecule has 0 amide bonds. The van der Waals surface area contributed by atoms with Crippen LogP contribution in [0.1, 0.15) is 10.4 Å². The highest BCUT2D eigenvalue weighted by molar-refractivity contribution is 6.44. The summed E-state index contributed by atoms with van der Waals surface area (Å²) < 4.78 is 5.39. The maximum Gasteiger partial charge on any atom is 0.153 e. The average Bonchev–Trinajstić information content (AvgIpc) is 2.76. The third-order valence-corrected chi connectivity index (χ3v) is 6.11. The van der Waals surface area contributed by atoms with Crippen LogP contribution in [0.5, 0.6) is 5.75 Å². The van der Waals surface area contributed by atoms with Crippen molar-refractivity contribution in [2.75, 3.05) is 7.11 Å². The van der Waals surface area contributed by atoms with Gasteiger partial charge < -0.3 is 4.74 Å². The van der Waals surface area contributed by atoms with E-state index in [0.29, 0.717) is 66.0 Å². The van der Waals surface area contributed by atoms with Gasteiger partial charge in [-0.2, -0.15) is 0 Å². The van der Waals surface area contributed by atoms with E-state index >= 15 is 0 Å². The molecule has 0 N–H and O–H groups in total. The summed E-state index contributed by atoms with van der Waals surface area (Å²) in [7, 11) is 1.49. The molecule has 0 aliphatic heterocycles. The van der Waals surface area contributed by atoms with Crippen molar-refractivity contribution in [3.8, 4) is 28.1 Å². The van der Waals surface area contributed by atoms with Gasteiger partial charge in [-0.25, -0.2) is 9.97 Å². The Hall–Kier alpha value is -2.37. The number of fused-ring (bicyclic) bond motifs is 1. The van der Waals surface area contributed by atoms with E-state index in [-0.39, 0.29) is 5.15 Å². The van der Waals surface area contributed by atoms with E-state index in [0.717, 1.165) is 0 Å². The molecule has 4 aromatic rings. The zero-order chi connectivity index (χ0) is 21.4. The molecule has 0 fully saturated rings. The first-order chi connectivity index (χ1) is 14.5. The van der Waals surface area contributed by atoms with E-state index in [1.807, 2.05) is 18.2 Å². The lowest BCUT2D eigenvalue weighted by atomic mass is 10.0. The van der Waals surface area contributed by atoms with Crippen molar-refractivity contribution in [2.24, 2.45) is 0 Å². The second-order valence-electron chi connectivity index (χ2n) is 6.32. The fourth-order valence-corrected chi connectivity index (χ4v) is 4.24. The zero-order valence-corrected chi connectivity index (χ0v) is 18.4. The molecule has 0 saturated carbocycles. The number of aldehydes is 1. The maximum atomic E-state index is 11.3. The van der Waals surface area contributed by atoms with Gasteiger partial charge in [0.15, 0.2) is 6.29 Å². The number of pyridine rings is 2. The molecule has 0 radical (unpaired) electrons. The summed E-state index contributed by atoms with van der Waals surface area (Å²) in [5.41, 5.74) is 3.52. The highest BCUT2D eigenvalue weighted by atomic mass is 35.5. The number of ether oxygens (including phenoxy) is 1. The van der Waals surface area contributed by atoms with Crippen LogP contribution in [0.25, 0.3) is 33.3 Å². The van der Waals surface area contributed by atoms with E-state index in [4.69, 9.17) is 51.1 Å². The van der Waals surface area contributed by atoms with Gasteiger partial charge in [0, 0.05) is 28.3 Å². The number of halogens is 4. The minimum Gasteiger partial charge on any atom is -0.495 e. The van der Waals surface area contributed by atoms with E-state index in [9.17, 15) is 4.79 Å². The molecule has 0 aliphatic rings. The predicted octanol–water partition coefficient (Wildman–Crippen LogP) is 7.40. The monoisotopic (exact) mass is 476 g/mol. The summed E-state index contributed by atoms with van der Waals surface area (Å²) in [6, 6.07) is 12.4. The Morgan fingerprint density at radius 2 is 1.67 bits per heavy atom. The van der Waals surface area contributed by atoms with Crippen LogP contribution >= 0.6 is 46.4 Å². The van der Waals surface area contributed by atoms with E-state index < -0.39 is 0 Å². The standard InChI is InChI=1S/C22H12Cl4N2O2/c1-30-21-11(10-29)9-16(23)20-15(21)5-6-17(28-20)14-4-2-3-12(18(14)24)13-7-8-27-22(26)19(13)25/h2-10H,1H3. The van der Waals surface area contributed by atoms with Crippen LogP contribution in [0.2, 0.25) is 20.2 Å². The lowest BCUT2D eigenvalue weighted by Crippen LogP contribution is -1.95.